The van der Waals surface area contributed by atoms with E-state index in [0.717, 1.165) is 35.3 Å². The Morgan fingerprint density at radius 2 is 2.08 bits per heavy atom. The van der Waals surface area contributed by atoms with E-state index in [9.17, 15) is 13.9 Å². The van der Waals surface area contributed by atoms with Crippen LogP contribution in [0.4, 0.5) is 0 Å². The molecule has 0 saturated carbocycles. The predicted molar refractivity (Wildman–Crippen MR) is 150 cm³/mol. The van der Waals surface area contributed by atoms with Crippen molar-refractivity contribution in [1.29, 1.82) is 0 Å². The molecule has 0 amide bonds. The van der Waals surface area contributed by atoms with E-state index in [1.165, 1.54) is 6.20 Å². The number of aryl methyl sites for hydroxylation is 3. The van der Waals surface area contributed by atoms with Crippen molar-refractivity contribution in [2.75, 3.05) is 13.2 Å². The standard InChI is InChI=1S/C28H39N5O5S/c1-5-25-19-33(39(35,36)27-16-29-13-12-26(27)38-25)17-23-14-21(9-8-20(23)4)22(15-28(34)37-7-3)10-11-24-18-32(6-2)31-30-24/h8-9,12-14,16,18,22,25,35-36H,5-7,10-11,15,17,19H2,1-4H3. The largest absolute Gasteiger partial charge is 0.487 e. The molecule has 1 aliphatic heterocycles. The maximum atomic E-state index is 12.5. The first kappa shape index (κ1) is 29.0. The minimum atomic E-state index is -3.33. The SMILES string of the molecule is CCOC(=O)CC(CCc1cn(CC)nn1)c1ccc(C)c(CN2CC(CC)Oc3ccncc3S2(O)O)c1. The number of esters is 1. The Kier molecular flexibility index (Phi) is 9.60. The van der Waals surface area contributed by atoms with E-state index in [1.807, 2.05) is 39.1 Å². The van der Waals surface area contributed by atoms with Gasteiger partial charge in [0.05, 0.1) is 31.5 Å². The molecule has 2 atom stereocenters. The van der Waals surface area contributed by atoms with Crippen LogP contribution in [-0.4, -0.2) is 58.6 Å². The van der Waals surface area contributed by atoms with Crippen LogP contribution in [0.1, 0.15) is 68.3 Å². The third-order valence-corrected chi connectivity index (χ3v) is 9.02. The molecule has 3 aromatic rings. The van der Waals surface area contributed by atoms with E-state index in [2.05, 4.69) is 21.4 Å². The molecule has 1 aromatic carbocycles. The number of pyridine rings is 1. The van der Waals surface area contributed by atoms with Crippen LogP contribution in [0.5, 0.6) is 5.75 Å². The summed E-state index contributed by atoms with van der Waals surface area (Å²) in [7, 11) is -3.33. The molecule has 4 rings (SSSR count). The van der Waals surface area contributed by atoms with Gasteiger partial charge in [0.2, 0.25) is 0 Å². The van der Waals surface area contributed by atoms with E-state index in [-0.39, 0.29) is 24.4 Å². The fourth-order valence-electron chi connectivity index (χ4n) is 4.77. The summed E-state index contributed by atoms with van der Waals surface area (Å²) in [6.45, 7) is 9.60. The summed E-state index contributed by atoms with van der Waals surface area (Å²) in [5.41, 5.74) is 3.87. The third kappa shape index (κ3) is 6.96. The average Bonchev–Trinajstić information content (AvgIpc) is 3.35. The second-order valence-electron chi connectivity index (χ2n) is 9.81. The van der Waals surface area contributed by atoms with E-state index < -0.39 is 10.8 Å². The molecular formula is C28H39N5O5S. The zero-order valence-electron chi connectivity index (χ0n) is 23.1. The fraction of sp³-hybridized carbons (Fsp3) is 0.500. The molecule has 0 saturated heterocycles. The predicted octanol–water partition coefficient (Wildman–Crippen LogP) is 5.37. The lowest BCUT2D eigenvalue weighted by atomic mass is 9.88. The average molecular weight is 558 g/mol. The van der Waals surface area contributed by atoms with Crippen molar-refractivity contribution in [2.45, 2.75) is 83.4 Å². The monoisotopic (exact) mass is 557 g/mol. The normalized spacial score (nSPS) is 18.5. The number of fused-ring (bicyclic) bond motifs is 1. The number of benzene rings is 1. The molecule has 2 aromatic heterocycles. The van der Waals surface area contributed by atoms with Crippen LogP contribution in [-0.2, 0) is 29.0 Å². The minimum absolute atomic E-state index is 0.0867. The molecule has 212 valence electrons. The summed E-state index contributed by atoms with van der Waals surface area (Å²) in [5, 5.41) is 8.38. The first-order valence-corrected chi connectivity index (χ1v) is 15.0. The number of hydrogen-bond acceptors (Lipinski definition) is 9. The number of carbonyl (C=O) groups excluding carboxylic acids is 1. The number of rotatable bonds is 11. The lowest BCUT2D eigenvalue weighted by Crippen LogP contribution is -2.34. The summed E-state index contributed by atoms with van der Waals surface area (Å²) in [4.78, 5) is 16.9. The molecule has 2 unspecified atom stereocenters. The number of ether oxygens (including phenoxy) is 2. The maximum Gasteiger partial charge on any atom is 0.306 e. The molecule has 0 radical (unpaired) electrons. The van der Waals surface area contributed by atoms with Gasteiger partial charge in [0.1, 0.15) is 16.7 Å². The number of carbonyl (C=O) groups is 1. The van der Waals surface area contributed by atoms with Crippen LogP contribution < -0.4 is 4.74 Å². The van der Waals surface area contributed by atoms with Gasteiger partial charge in [-0.1, -0.05) is 30.3 Å². The highest BCUT2D eigenvalue weighted by molar-refractivity contribution is 8.22. The van der Waals surface area contributed by atoms with Gasteiger partial charge in [0.25, 0.3) is 0 Å². The Hall–Kier alpha value is -2.99. The first-order valence-electron chi connectivity index (χ1n) is 13.5. The van der Waals surface area contributed by atoms with Crippen molar-refractivity contribution >= 4 is 16.7 Å². The molecule has 2 N–H and O–H groups in total. The van der Waals surface area contributed by atoms with Gasteiger partial charge in [-0.2, -0.15) is 4.31 Å². The second kappa shape index (κ2) is 12.9. The van der Waals surface area contributed by atoms with Crippen molar-refractivity contribution in [2.24, 2.45) is 0 Å². The molecule has 11 heteroatoms. The van der Waals surface area contributed by atoms with Gasteiger partial charge in [-0.05, 0) is 62.6 Å². The molecule has 3 heterocycles. The van der Waals surface area contributed by atoms with E-state index >= 15 is 0 Å². The Bertz CT molecular complexity index is 1270. The smallest absolute Gasteiger partial charge is 0.306 e. The van der Waals surface area contributed by atoms with Gasteiger partial charge in [0.15, 0.2) is 0 Å². The summed E-state index contributed by atoms with van der Waals surface area (Å²) in [6.07, 6.45) is 7.16. The van der Waals surface area contributed by atoms with Crippen molar-refractivity contribution in [1.82, 2.24) is 24.3 Å². The zero-order chi connectivity index (χ0) is 28.0. The molecule has 1 aliphatic rings. The summed E-state index contributed by atoms with van der Waals surface area (Å²) >= 11 is 0. The van der Waals surface area contributed by atoms with Gasteiger partial charge >= 0.3 is 5.97 Å². The Balaban J connectivity index is 1.61. The van der Waals surface area contributed by atoms with Gasteiger partial charge in [-0.15, -0.1) is 15.9 Å². The molecule has 10 nitrogen and oxygen atoms in total. The molecular weight excluding hydrogens is 518 g/mol. The van der Waals surface area contributed by atoms with E-state index in [0.29, 0.717) is 43.2 Å². The van der Waals surface area contributed by atoms with Crippen LogP contribution >= 0.6 is 10.8 Å². The van der Waals surface area contributed by atoms with Crippen molar-refractivity contribution in [3.63, 3.8) is 0 Å². The number of aromatic nitrogens is 4. The number of hydrogen-bond donors (Lipinski definition) is 2. The lowest BCUT2D eigenvalue weighted by molar-refractivity contribution is -0.143. The van der Waals surface area contributed by atoms with Crippen molar-refractivity contribution in [3.05, 3.63) is 65.2 Å². The van der Waals surface area contributed by atoms with Gasteiger partial charge < -0.3 is 9.47 Å². The van der Waals surface area contributed by atoms with E-state index in [1.54, 1.807) is 28.2 Å². The zero-order valence-corrected chi connectivity index (χ0v) is 23.9. The minimum Gasteiger partial charge on any atom is -0.487 e. The van der Waals surface area contributed by atoms with Crippen LogP contribution in [0, 0.1) is 6.92 Å². The van der Waals surface area contributed by atoms with Crippen molar-refractivity contribution < 1.29 is 23.4 Å². The molecule has 0 bridgehead atoms. The highest BCUT2D eigenvalue weighted by Gasteiger charge is 2.35. The maximum absolute atomic E-state index is 12.5. The van der Waals surface area contributed by atoms with Gasteiger partial charge in [-0.25, -0.2) is 0 Å². The Labute approximate surface area is 231 Å². The lowest BCUT2D eigenvalue weighted by Gasteiger charge is -2.41. The second-order valence-corrected chi connectivity index (χ2v) is 11.8. The van der Waals surface area contributed by atoms with E-state index in [4.69, 9.17) is 9.47 Å². The van der Waals surface area contributed by atoms with Crippen molar-refractivity contribution in [3.8, 4) is 5.75 Å². The molecule has 0 aliphatic carbocycles. The van der Waals surface area contributed by atoms with Crippen LogP contribution in [0.15, 0.2) is 47.8 Å². The Morgan fingerprint density at radius 1 is 1.26 bits per heavy atom. The number of nitrogens with zero attached hydrogens (tertiary/aromatic N) is 5. The van der Waals surface area contributed by atoms with Crippen LogP contribution in [0.2, 0.25) is 0 Å². The van der Waals surface area contributed by atoms with Crippen LogP contribution in [0.25, 0.3) is 0 Å². The summed E-state index contributed by atoms with van der Waals surface area (Å²) in [5.74, 6) is 0.131. The fourth-order valence-corrected chi connectivity index (χ4v) is 6.33. The highest BCUT2D eigenvalue weighted by atomic mass is 32.3. The molecule has 0 fully saturated rings. The van der Waals surface area contributed by atoms with Gasteiger partial charge in [0, 0.05) is 31.5 Å². The summed E-state index contributed by atoms with van der Waals surface area (Å²) in [6, 6.07) is 7.83. The molecule has 39 heavy (non-hydrogen) atoms. The first-order chi connectivity index (χ1) is 18.7. The quantitative estimate of drug-likeness (QED) is 0.300. The molecule has 0 spiro atoms. The summed E-state index contributed by atoms with van der Waals surface area (Å²) < 4.78 is 37.7. The topological polar surface area (TPSA) is 123 Å². The highest BCUT2D eigenvalue weighted by Crippen LogP contribution is 2.57. The van der Waals surface area contributed by atoms with Crippen LogP contribution in [0.3, 0.4) is 0 Å². The van der Waals surface area contributed by atoms with Gasteiger partial charge in [-0.3, -0.25) is 23.6 Å². The Morgan fingerprint density at radius 3 is 2.79 bits per heavy atom. The third-order valence-electron chi connectivity index (χ3n) is 7.13.